The van der Waals surface area contributed by atoms with Crippen LogP contribution in [-0.4, -0.2) is 39.4 Å². The molecule has 1 amide bonds. The van der Waals surface area contributed by atoms with E-state index in [2.05, 4.69) is 32.0 Å². The number of alkyl carbamates (subject to hydrolysis) is 1. The van der Waals surface area contributed by atoms with Crippen LogP contribution < -0.4 is 16.0 Å². The van der Waals surface area contributed by atoms with Crippen LogP contribution in [0, 0.1) is 29.1 Å². The third-order valence-corrected chi connectivity index (χ3v) is 7.21. The maximum atomic E-state index is 12.4. The lowest BCUT2D eigenvalue weighted by Crippen LogP contribution is -2.52. The summed E-state index contributed by atoms with van der Waals surface area (Å²) < 4.78 is 5.51. The average Bonchev–Trinajstić information content (AvgIpc) is 2.85. The van der Waals surface area contributed by atoms with Crippen molar-refractivity contribution in [3.05, 3.63) is 47.2 Å². The van der Waals surface area contributed by atoms with E-state index in [1.54, 1.807) is 0 Å². The predicted molar refractivity (Wildman–Crippen MR) is 142 cm³/mol. The molecule has 1 aromatic carbocycles. The molecule has 2 aromatic rings. The molecule has 2 saturated carbocycles. The molecule has 0 radical (unpaired) electrons. The number of benzene rings is 1. The number of aliphatic hydroxyl groups excluding tert-OH is 1. The zero-order valence-corrected chi connectivity index (χ0v) is 22.0. The molecule has 37 heavy (non-hydrogen) atoms. The highest BCUT2D eigenvalue weighted by Crippen LogP contribution is 2.43. The summed E-state index contributed by atoms with van der Waals surface area (Å²) in [6.07, 6.45) is 6.66. The maximum absolute atomic E-state index is 12.4. The Kier molecular flexibility index (Phi) is 8.49. The zero-order valence-electron chi connectivity index (χ0n) is 22.0. The standard InChI is InChI=1S/C28H38N6O3/c1-28(2,3)37-27(36)33-24-21-8-5-9-22(24)12-20(11-21)15-30-25-23(13-29)16-32-26(34-25)31-14-18-6-4-7-19(10-18)17-35/h4,6-7,10,16,20-22,24,35H,5,8-9,11-12,14-15,17H2,1-3H3,(H,33,36)(H2,30,31,32,34)/t20?,21-,22+,24?. The van der Waals surface area contributed by atoms with Crippen LogP contribution >= 0.6 is 0 Å². The third kappa shape index (κ3) is 7.32. The lowest BCUT2D eigenvalue weighted by molar-refractivity contribution is 0.0324. The van der Waals surface area contributed by atoms with Crippen molar-refractivity contribution < 1.29 is 14.6 Å². The Morgan fingerprint density at radius 1 is 1.19 bits per heavy atom. The number of amides is 1. The molecule has 4 atom stereocenters. The van der Waals surface area contributed by atoms with Crippen LogP contribution in [0.1, 0.15) is 69.6 Å². The molecule has 4 N–H and O–H groups in total. The first-order valence-electron chi connectivity index (χ1n) is 13.2. The Balaban J connectivity index is 1.35. The molecule has 9 nitrogen and oxygen atoms in total. The number of nitriles is 1. The summed E-state index contributed by atoms with van der Waals surface area (Å²) in [6.45, 7) is 6.87. The molecule has 1 aromatic heterocycles. The summed E-state index contributed by atoms with van der Waals surface area (Å²) in [6, 6.07) is 10.0. The zero-order chi connectivity index (χ0) is 26.4. The van der Waals surface area contributed by atoms with Crippen LogP contribution in [0.2, 0.25) is 0 Å². The first-order chi connectivity index (χ1) is 17.7. The number of hydrogen-bond donors (Lipinski definition) is 4. The number of anilines is 2. The molecule has 2 aliphatic carbocycles. The van der Waals surface area contributed by atoms with E-state index < -0.39 is 5.60 Å². The van der Waals surface area contributed by atoms with Crippen molar-refractivity contribution in [1.82, 2.24) is 15.3 Å². The van der Waals surface area contributed by atoms with Gasteiger partial charge in [-0.15, -0.1) is 0 Å². The quantitative estimate of drug-likeness (QED) is 0.409. The van der Waals surface area contributed by atoms with Crippen LogP contribution in [0.4, 0.5) is 16.6 Å². The van der Waals surface area contributed by atoms with Crippen molar-refractivity contribution in [3.63, 3.8) is 0 Å². The van der Waals surface area contributed by atoms with E-state index in [-0.39, 0.29) is 18.7 Å². The molecule has 0 spiro atoms. The molecule has 0 saturated heterocycles. The van der Waals surface area contributed by atoms with Gasteiger partial charge in [-0.25, -0.2) is 9.78 Å². The molecule has 9 heteroatoms. The summed E-state index contributed by atoms with van der Waals surface area (Å²) in [4.78, 5) is 21.3. The van der Waals surface area contributed by atoms with E-state index in [9.17, 15) is 15.2 Å². The van der Waals surface area contributed by atoms with E-state index in [0.29, 0.717) is 41.6 Å². The van der Waals surface area contributed by atoms with Crippen LogP contribution in [0.5, 0.6) is 0 Å². The third-order valence-electron chi connectivity index (χ3n) is 7.21. The molecular formula is C28H38N6O3. The topological polar surface area (TPSA) is 132 Å². The number of aliphatic hydroxyl groups is 1. The van der Waals surface area contributed by atoms with E-state index in [4.69, 9.17) is 4.74 Å². The number of carbonyl (C=O) groups is 1. The van der Waals surface area contributed by atoms with Gasteiger partial charge in [0.05, 0.1) is 12.8 Å². The predicted octanol–water partition coefficient (Wildman–Crippen LogP) is 4.58. The smallest absolute Gasteiger partial charge is 0.407 e. The van der Waals surface area contributed by atoms with Crippen LogP contribution in [0.15, 0.2) is 30.5 Å². The molecular weight excluding hydrogens is 468 g/mol. The van der Waals surface area contributed by atoms with E-state index in [1.807, 2.05) is 45.0 Å². The van der Waals surface area contributed by atoms with Gasteiger partial charge >= 0.3 is 6.09 Å². The Hall–Kier alpha value is -3.38. The lowest BCUT2D eigenvalue weighted by Gasteiger charge is -2.46. The second kappa shape index (κ2) is 11.8. The Bertz CT molecular complexity index is 1110. The minimum absolute atomic E-state index is 0.00400. The molecule has 2 bridgehead atoms. The van der Waals surface area contributed by atoms with E-state index >= 15 is 0 Å². The molecule has 2 fully saturated rings. The van der Waals surface area contributed by atoms with Crippen LogP contribution in [0.25, 0.3) is 0 Å². The highest BCUT2D eigenvalue weighted by molar-refractivity contribution is 5.68. The van der Waals surface area contributed by atoms with Crippen molar-refractivity contribution in [2.45, 2.75) is 77.7 Å². The van der Waals surface area contributed by atoms with Gasteiger partial charge in [-0.1, -0.05) is 30.7 Å². The first kappa shape index (κ1) is 26.7. The van der Waals surface area contributed by atoms with Gasteiger partial charge < -0.3 is 25.8 Å². The highest BCUT2D eigenvalue weighted by Gasteiger charge is 2.41. The highest BCUT2D eigenvalue weighted by atomic mass is 16.6. The van der Waals surface area contributed by atoms with Gasteiger partial charge in [-0.05, 0) is 75.3 Å². The largest absolute Gasteiger partial charge is 0.444 e. The van der Waals surface area contributed by atoms with Gasteiger partial charge in [0.1, 0.15) is 23.1 Å². The monoisotopic (exact) mass is 506 g/mol. The number of fused-ring (bicyclic) bond motifs is 2. The Morgan fingerprint density at radius 2 is 1.92 bits per heavy atom. The lowest BCUT2D eigenvalue weighted by atomic mass is 9.64. The van der Waals surface area contributed by atoms with Gasteiger partial charge in [-0.3, -0.25) is 0 Å². The van der Waals surface area contributed by atoms with Crippen molar-refractivity contribution in [2.24, 2.45) is 17.8 Å². The van der Waals surface area contributed by atoms with Crippen molar-refractivity contribution in [1.29, 1.82) is 5.26 Å². The molecule has 2 unspecified atom stereocenters. The van der Waals surface area contributed by atoms with Gasteiger partial charge in [-0.2, -0.15) is 10.2 Å². The maximum Gasteiger partial charge on any atom is 0.407 e. The molecule has 4 rings (SSSR count). The molecule has 198 valence electrons. The number of aromatic nitrogens is 2. The number of nitrogens with one attached hydrogen (secondary N) is 3. The number of carbonyl (C=O) groups excluding carboxylic acids is 1. The van der Waals surface area contributed by atoms with E-state index in [0.717, 1.165) is 43.4 Å². The molecule has 0 aliphatic heterocycles. The minimum Gasteiger partial charge on any atom is -0.444 e. The van der Waals surface area contributed by atoms with Gasteiger partial charge in [0, 0.05) is 19.1 Å². The summed E-state index contributed by atoms with van der Waals surface area (Å²) in [5, 5.41) is 28.7. The van der Waals surface area contributed by atoms with Crippen molar-refractivity contribution in [3.8, 4) is 6.07 Å². The van der Waals surface area contributed by atoms with Gasteiger partial charge in [0.2, 0.25) is 5.95 Å². The fraction of sp³-hybridized carbons (Fsp3) is 0.571. The summed E-state index contributed by atoms with van der Waals surface area (Å²) >= 11 is 0. The first-order valence-corrected chi connectivity index (χ1v) is 13.2. The second-order valence-electron chi connectivity index (χ2n) is 11.2. The molecule has 2 aliphatic rings. The second-order valence-corrected chi connectivity index (χ2v) is 11.2. The van der Waals surface area contributed by atoms with Crippen molar-refractivity contribution >= 4 is 17.9 Å². The van der Waals surface area contributed by atoms with Crippen LogP contribution in [-0.2, 0) is 17.9 Å². The van der Waals surface area contributed by atoms with E-state index in [1.165, 1.54) is 12.6 Å². The van der Waals surface area contributed by atoms with Gasteiger partial charge in [0.25, 0.3) is 0 Å². The molecule has 1 heterocycles. The SMILES string of the molecule is CC(C)(C)OC(=O)NC1[C@@H]2CCC[C@H]1CC(CNc1nc(NCc3cccc(CO)c3)ncc1C#N)C2. The minimum atomic E-state index is -0.506. The Labute approximate surface area is 219 Å². The number of ether oxygens (including phenoxy) is 1. The Morgan fingerprint density at radius 3 is 2.59 bits per heavy atom. The summed E-state index contributed by atoms with van der Waals surface area (Å²) in [5.74, 6) is 2.27. The number of hydrogen-bond acceptors (Lipinski definition) is 8. The number of nitrogens with zero attached hydrogens (tertiary/aromatic N) is 3. The van der Waals surface area contributed by atoms with Gasteiger partial charge in [0.15, 0.2) is 0 Å². The number of rotatable bonds is 8. The fourth-order valence-corrected chi connectivity index (χ4v) is 5.66. The fourth-order valence-electron chi connectivity index (χ4n) is 5.66. The summed E-state index contributed by atoms with van der Waals surface area (Å²) in [5.41, 5.74) is 1.77. The van der Waals surface area contributed by atoms with Crippen LogP contribution in [0.3, 0.4) is 0 Å². The average molecular weight is 507 g/mol. The summed E-state index contributed by atoms with van der Waals surface area (Å²) in [7, 11) is 0. The van der Waals surface area contributed by atoms with Crippen molar-refractivity contribution in [2.75, 3.05) is 17.2 Å². The normalized spacial score (nSPS) is 23.0.